The first-order chi connectivity index (χ1) is 17.5. The van der Waals surface area contributed by atoms with E-state index in [-0.39, 0.29) is 16.8 Å². The topological polar surface area (TPSA) is 86.9 Å². The minimum atomic E-state index is -4.59. The van der Waals surface area contributed by atoms with Gasteiger partial charge >= 0.3 is 6.18 Å². The molecule has 2 N–H and O–H groups in total. The molecule has 0 radical (unpaired) electrons. The number of imidazole rings is 1. The van der Waals surface area contributed by atoms with Crippen LogP contribution >= 0.6 is 0 Å². The predicted octanol–water partition coefficient (Wildman–Crippen LogP) is 6.18. The summed E-state index contributed by atoms with van der Waals surface area (Å²) in [6.07, 6.45) is -0.110. The lowest BCUT2D eigenvalue weighted by Gasteiger charge is -2.19. The molecule has 4 heterocycles. The van der Waals surface area contributed by atoms with E-state index in [0.717, 1.165) is 29.0 Å². The highest BCUT2D eigenvalue weighted by molar-refractivity contribution is 6.06. The van der Waals surface area contributed by atoms with Gasteiger partial charge in [0.05, 0.1) is 28.3 Å². The highest BCUT2D eigenvalue weighted by Gasteiger charge is 2.34. The van der Waals surface area contributed by atoms with E-state index in [4.69, 9.17) is 5.73 Å². The van der Waals surface area contributed by atoms with Crippen LogP contribution in [-0.2, 0) is 11.6 Å². The first kappa shape index (κ1) is 23.0. The number of anilines is 1. The summed E-state index contributed by atoms with van der Waals surface area (Å²) in [6, 6.07) is 14.0. The maximum Gasteiger partial charge on any atom is 0.417 e. The molecule has 0 aliphatic rings. The van der Waals surface area contributed by atoms with Crippen LogP contribution in [0.5, 0.6) is 0 Å². The third-order valence-corrected chi connectivity index (χ3v) is 6.57. The number of hydrogen-bond donors (Lipinski definition) is 1. The number of alkyl halides is 3. The Labute approximate surface area is 209 Å². The third-order valence-electron chi connectivity index (χ3n) is 6.57. The average molecular weight is 502 g/mol. The van der Waals surface area contributed by atoms with E-state index in [9.17, 15) is 13.2 Å². The van der Waals surface area contributed by atoms with Crippen molar-refractivity contribution in [2.75, 3.05) is 5.73 Å². The minimum absolute atomic E-state index is 0.0176. The van der Waals surface area contributed by atoms with E-state index in [1.54, 1.807) is 30.7 Å². The molecule has 0 amide bonds. The molecule has 0 aliphatic carbocycles. The minimum Gasteiger partial charge on any atom is -0.384 e. The Hall–Kier alpha value is -4.47. The fraction of sp³-hybridized carbons (Fsp3) is 0.185. The Bertz CT molecular complexity index is 1810. The number of nitrogens with two attached hydrogens (primary N) is 1. The molecule has 0 aliphatic heterocycles. The Morgan fingerprint density at radius 3 is 2.35 bits per heavy atom. The van der Waals surface area contributed by atoms with Crippen molar-refractivity contribution in [3.63, 3.8) is 0 Å². The molecule has 6 aromatic rings. The monoisotopic (exact) mass is 501 g/mol. The largest absolute Gasteiger partial charge is 0.417 e. The van der Waals surface area contributed by atoms with E-state index >= 15 is 0 Å². The Balaban J connectivity index is 1.66. The summed E-state index contributed by atoms with van der Waals surface area (Å²) in [5, 5.41) is 9.06. The van der Waals surface area contributed by atoms with Crippen LogP contribution in [0.4, 0.5) is 19.0 Å². The van der Waals surface area contributed by atoms with Crippen LogP contribution in [0.2, 0.25) is 0 Å². The number of pyridine rings is 2. The fourth-order valence-corrected chi connectivity index (χ4v) is 4.69. The number of fused-ring (bicyclic) bond motifs is 5. The van der Waals surface area contributed by atoms with Gasteiger partial charge in [0.25, 0.3) is 0 Å². The van der Waals surface area contributed by atoms with Gasteiger partial charge in [-0.05, 0) is 46.9 Å². The number of aromatic nitrogens is 6. The standard InChI is InChI=1S/C27H22F3N7/c1-26(2,3)16-5-7-17(8-6-16)37-24-18-10-15(19-12-33-23(31)11-20(19)27(28,29)30)4-9-21(18)32-13-22(24)36-14-34-35-25(36)37/h4-14H,1-3H3,(H2,31,33). The van der Waals surface area contributed by atoms with Crippen molar-refractivity contribution in [1.29, 1.82) is 0 Å². The summed E-state index contributed by atoms with van der Waals surface area (Å²) in [4.78, 5) is 8.49. The second-order valence-electron chi connectivity index (χ2n) is 10.0. The molecule has 0 saturated heterocycles. The number of nitrogens with zero attached hydrogens (tertiary/aromatic N) is 6. The quantitative estimate of drug-likeness (QED) is 0.306. The van der Waals surface area contributed by atoms with E-state index in [2.05, 4.69) is 53.1 Å². The summed E-state index contributed by atoms with van der Waals surface area (Å²) in [6.45, 7) is 6.43. The predicted molar refractivity (Wildman–Crippen MR) is 136 cm³/mol. The summed E-state index contributed by atoms with van der Waals surface area (Å²) in [7, 11) is 0. The lowest BCUT2D eigenvalue weighted by atomic mass is 9.87. The van der Waals surface area contributed by atoms with Crippen molar-refractivity contribution >= 4 is 33.5 Å². The molecular formula is C27H22F3N7. The van der Waals surface area contributed by atoms with Crippen molar-refractivity contribution in [3.05, 3.63) is 78.4 Å². The molecule has 0 fully saturated rings. The van der Waals surface area contributed by atoms with Gasteiger partial charge in [-0.1, -0.05) is 39.0 Å². The van der Waals surface area contributed by atoms with Crippen molar-refractivity contribution in [2.45, 2.75) is 32.4 Å². The average Bonchev–Trinajstić information content (AvgIpc) is 3.44. The summed E-state index contributed by atoms with van der Waals surface area (Å²) in [5.74, 6) is 0.380. The smallest absolute Gasteiger partial charge is 0.384 e. The first-order valence-corrected chi connectivity index (χ1v) is 11.6. The number of hydrogen-bond acceptors (Lipinski definition) is 5. The Morgan fingerprint density at radius 2 is 1.65 bits per heavy atom. The molecule has 4 aromatic heterocycles. The summed E-state index contributed by atoms with van der Waals surface area (Å²) < 4.78 is 45.4. The summed E-state index contributed by atoms with van der Waals surface area (Å²) in [5.41, 5.74) is 9.17. The first-order valence-electron chi connectivity index (χ1n) is 11.6. The molecule has 0 bridgehead atoms. The highest BCUT2D eigenvalue weighted by Crippen LogP contribution is 2.39. The van der Waals surface area contributed by atoms with E-state index < -0.39 is 11.7 Å². The van der Waals surface area contributed by atoms with Crippen LogP contribution in [0.15, 0.2) is 67.3 Å². The van der Waals surface area contributed by atoms with Crippen LogP contribution < -0.4 is 5.73 Å². The normalized spacial score (nSPS) is 12.7. The van der Waals surface area contributed by atoms with Crippen molar-refractivity contribution in [1.82, 2.24) is 29.1 Å². The van der Waals surface area contributed by atoms with Gasteiger partial charge in [-0.3, -0.25) is 14.0 Å². The molecule has 2 aromatic carbocycles. The number of halogens is 3. The van der Waals surface area contributed by atoms with Crippen molar-refractivity contribution in [2.24, 2.45) is 0 Å². The number of nitrogen functional groups attached to an aromatic ring is 1. The van der Waals surface area contributed by atoms with Crippen molar-refractivity contribution < 1.29 is 13.2 Å². The SMILES string of the molecule is CC(C)(C)c1ccc(-n2c3c4cc(-c5cnc(N)cc5C(F)(F)F)ccc4ncc3n3cnnc23)cc1. The van der Waals surface area contributed by atoms with Crippen LogP contribution in [0.1, 0.15) is 31.9 Å². The van der Waals surface area contributed by atoms with Gasteiger partial charge in [0.2, 0.25) is 5.78 Å². The summed E-state index contributed by atoms with van der Waals surface area (Å²) >= 11 is 0. The number of benzene rings is 2. The van der Waals surface area contributed by atoms with Gasteiger partial charge < -0.3 is 5.73 Å². The second-order valence-corrected chi connectivity index (χ2v) is 10.0. The second kappa shape index (κ2) is 7.76. The van der Waals surface area contributed by atoms with Gasteiger partial charge in [0, 0.05) is 22.8 Å². The van der Waals surface area contributed by atoms with E-state index in [1.165, 1.54) is 5.56 Å². The molecule has 0 spiro atoms. The zero-order chi connectivity index (χ0) is 26.1. The zero-order valence-corrected chi connectivity index (χ0v) is 20.2. The molecule has 6 rings (SSSR count). The van der Waals surface area contributed by atoms with Crippen LogP contribution in [0.25, 0.3) is 44.5 Å². The lowest BCUT2D eigenvalue weighted by Crippen LogP contribution is -2.10. The Kier molecular flexibility index (Phi) is 4.82. The molecule has 0 saturated carbocycles. The molecular weight excluding hydrogens is 479 g/mol. The van der Waals surface area contributed by atoms with Gasteiger partial charge in [-0.15, -0.1) is 10.2 Å². The maximum absolute atomic E-state index is 13.9. The molecule has 186 valence electrons. The lowest BCUT2D eigenvalue weighted by molar-refractivity contribution is -0.137. The fourth-order valence-electron chi connectivity index (χ4n) is 4.69. The molecule has 37 heavy (non-hydrogen) atoms. The van der Waals surface area contributed by atoms with Gasteiger partial charge in [-0.2, -0.15) is 13.2 Å². The Morgan fingerprint density at radius 1 is 0.892 bits per heavy atom. The molecule has 0 atom stereocenters. The zero-order valence-electron chi connectivity index (χ0n) is 20.2. The van der Waals surface area contributed by atoms with Crippen LogP contribution in [0, 0.1) is 0 Å². The van der Waals surface area contributed by atoms with Gasteiger partial charge in [0.1, 0.15) is 12.1 Å². The van der Waals surface area contributed by atoms with Crippen molar-refractivity contribution in [3.8, 4) is 16.8 Å². The van der Waals surface area contributed by atoms with Gasteiger partial charge in [-0.25, -0.2) is 4.98 Å². The van der Waals surface area contributed by atoms with Crippen LogP contribution in [0.3, 0.4) is 0 Å². The number of rotatable bonds is 2. The van der Waals surface area contributed by atoms with E-state index in [1.807, 2.05) is 21.1 Å². The van der Waals surface area contributed by atoms with E-state index in [0.29, 0.717) is 22.2 Å². The van der Waals surface area contributed by atoms with Crippen LogP contribution in [-0.4, -0.2) is 29.1 Å². The maximum atomic E-state index is 13.9. The molecule has 7 nitrogen and oxygen atoms in total. The van der Waals surface area contributed by atoms with Gasteiger partial charge in [0.15, 0.2) is 0 Å². The highest BCUT2D eigenvalue weighted by atomic mass is 19.4. The molecule has 10 heteroatoms. The third kappa shape index (κ3) is 3.67. The molecule has 0 unspecified atom stereocenters.